The molecule has 0 aromatic carbocycles. The molecule has 1 aromatic rings. The van der Waals surface area contributed by atoms with E-state index >= 15 is 0 Å². The lowest BCUT2D eigenvalue weighted by molar-refractivity contribution is 0.0928. The number of fused-ring (bicyclic) bond motifs is 1. The van der Waals surface area contributed by atoms with E-state index in [0.29, 0.717) is 31.3 Å². The van der Waals surface area contributed by atoms with Crippen molar-refractivity contribution in [2.24, 2.45) is 5.92 Å². The van der Waals surface area contributed by atoms with Crippen molar-refractivity contribution in [3.05, 3.63) is 17.0 Å². The normalized spacial score (nSPS) is 16.1. The first-order chi connectivity index (χ1) is 8.72. The van der Waals surface area contributed by atoms with E-state index in [4.69, 9.17) is 4.74 Å². The van der Waals surface area contributed by atoms with Crippen LogP contribution >= 0.6 is 0 Å². The minimum absolute atomic E-state index is 0.112. The molecule has 6 nitrogen and oxygen atoms in total. The number of ether oxygens (including phenoxy) is 1. The third-order valence-electron chi connectivity index (χ3n) is 3.08. The fourth-order valence-electron chi connectivity index (χ4n) is 2.11. The predicted molar refractivity (Wildman–Crippen MR) is 67.4 cm³/mol. The van der Waals surface area contributed by atoms with E-state index in [0.717, 1.165) is 24.2 Å². The van der Waals surface area contributed by atoms with Crippen LogP contribution in [0.3, 0.4) is 0 Å². The Morgan fingerprint density at radius 3 is 3.22 bits per heavy atom. The Hall–Kier alpha value is -1.40. The highest BCUT2D eigenvalue weighted by molar-refractivity contribution is 5.94. The third kappa shape index (κ3) is 2.88. The lowest BCUT2D eigenvalue weighted by atomic mass is 10.1. The van der Waals surface area contributed by atoms with Gasteiger partial charge in [0, 0.05) is 44.4 Å². The van der Waals surface area contributed by atoms with Gasteiger partial charge in [-0.05, 0) is 5.92 Å². The molecular weight excluding hydrogens is 232 g/mol. The predicted octanol–water partition coefficient (Wildman–Crippen LogP) is 0.0677. The van der Waals surface area contributed by atoms with Gasteiger partial charge in [-0.3, -0.25) is 9.89 Å². The molecule has 6 heteroatoms. The van der Waals surface area contributed by atoms with Gasteiger partial charge in [0.1, 0.15) is 0 Å². The second kappa shape index (κ2) is 5.97. The lowest BCUT2D eigenvalue weighted by Gasteiger charge is -2.14. The smallest absolute Gasteiger partial charge is 0.272 e. The maximum Gasteiger partial charge on any atom is 0.272 e. The Bertz CT molecular complexity index is 416. The topological polar surface area (TPSA) is 79.0 Å². The van der Waals surface area contributed by atoms with E-state index < -0.39 is 0 Å². The number of carbonyl (C=O) groups is 1. The molecule has 0 radical (unpaired) electrons. The molecule has 3 N–H and O–H groups in total. The number of nitrogens with zero attached hydrogens (tertiary/aromatic N) is 1. The van der Waals surface area contributed by atoms with Crippen molar-refractivity contribution in [3.63, 3.8) is 0 Å². The van der Waals surface area contributed by atoms with Crippen LogP contribution < -0.4 is 10.6 Å². The van der Waals surface area contributed by atoms with E-state index in [1.165, 1.54) is 0 Å². The quantitative estimate of drug-likeness (QED) is 0.693. The van der Waals surface area contributed by atoms with Crippen LogP contribution in [0.4, 0.5) is 0 Å². The molecule has 2 heterocycles. The number of aromatic amines is 1. The summed E-state index contributed by atoms with van der Waals surface area (Å²) in [6.07, 6.45) is 0.899. The summed E-state index contributed by atoms with van der Waals surface area (Å²) in [5.74, 6) is 0.186. The molecule has 0 fully saturated rings. The molecule has 0 saturated carbocycles. The van der Waals surface area contributed by atoms with E-state index in [9.17, 15) is 4.79 Å². The van der Waals surface area contributed by atoms with Crippen molar-refractivity contribution in [2.75, 3.05) is 26.8 Å². The molecule has 0 saturated heterocycles. The third-order valence-corrected chi connectivity index (χ3v) is 3.08. The number of hydrogen-bond acceptors (Lipinski definition) is 4. The van der Waals surface area contributed by atoms with Crippen molar-refractivity contribution in [2.45, 2.75) is 19.9 Å². The van der Waals surface area contributed by atoms with Crippen LogP contribution in [0.25, 0.3) is 0 Å². The zero-order chi connectivity index (χ0) is 13.0. The number of methoxy groups -OCH3 is 1. The molecule has 1 aliphatic heterocycles. The first-order valence-electron chi connectivity index (χ1n) is 6.26. The number of nitrogens with one attached hydrogen (secondary N) is 3. The summed E-state index contributed by atoms with van der Waals surface area (Å²) in [4.78, 5) is 12.0. The summed E-state index contributed by atoms with van der Waals surface area (Å²) in [5, 5.41) is 13.2. The largest absolute Gasteiger partial charge is 0.384 e. The summed E-state index contributed by atoms with van der Waals surface area (Å²) in [7, 11) is 1.66. The first-order valence-corrected chi connectivity index (χ1v) is 6.26. The van der Waals surface area contributed by atoms with Crippen molar-refractivity contribution < 1.29 is 9.53 Å². The van der Waals surface area contributed by atoms with Crippen LogP contribution in [-0.2, 0) is 17.7 Å². The lowest BCUT2D eigenvalue weighted by Crippen LogP contribution is -2.32. The van der Waals surface area contributed by atoms with E-state index in [1.807, 2.05) is 6.92 Å². The summed E-state index contributed by atoms with van der Waals surface area (Å²) in [6.45, 7) is 4.91. The number of hydrogen-bond donors (Lipinski definition) is 3. The van der Waals surface area contributed by atoms with Crippen molar-refractivity contribution in [3.8, 4) is 0 Å². The monoisotopic (exact) mass is 252 g/mol. The fourth-order valence-corrected chi connectivity index (χ4v) is 2.11. The molecular formula is C12H20N4O2. The molecule has 1 aliphatic rings. The number of amides is 1. The van der Waals surface area contributed by atoms with Crippen LogP contribution in [-0.4, -0.2) is 42.9 Å². The highest BCUT2D eigenvalue weighted by Crippen LogP contribution is 2.15. The van der Waals surface area contributed by atoms with Crippen molar-refractivity contribution in [1.82, 2.24) is 20.8 Å². The SMILES string of the molecule is COCC(C)CNC(=O)c1n[nH]c2c1CNCC2. The summed E-state index contributed by atoms with van der Waals surface area (Å²) in [5.41, 5.74) is 2.59. The van der Waals surface area contributed by atoms with Gasteiger partial charge in [-0.15, -0.1) is 0 Å². The van der Waals surface area contributed by atoms with Crippen LogP contribution in [0.2, 0.25) is 0 Å². The van der Waals surface area contributed by atoms with E-state index in [1.54, 1.807) is 7.11 Å². The van der Waals surface area contributed by atoms with Gasteiger partial charge in [-0.2, -0.15) is 5.10 Å². The highest BCUT2D eigenvalue weighted by Gasteiger charge is 2.21. The Morgan fingerprint density at radius 2 is 2.44 bits per heavy atom. The zero-order valence-corrected chi connectivity index (χ0v) is 10.9. The van der Waals surface area contributed by atoms with E-state index in [-0.39, 0.29) is 5.91 Å². The molecule has 1 aromatic heterocycles. The van der Waals surface area contributed by atoms with Gasteiger partial charge in [-0.25, -0.2) is 0 Å². The standard InChI is InChI=1S/C12H20N4O2/c1-8(7-18-2)5-14-12(17)11-9-6-13-4-3-10(9)15-16-11/h8,13H,3-7H2,1-2H3,(H,14,17)(H,15,16). The molecule has 0 bridgehead atoms. The maximum atomic E-state index is 12.0. The highest BCUT2D eigenvalue weighted by atomic mass is 16.5. The van der Waals surface area contributed by atoms with Gasteiger partial charge in [-0.1, -0.05) is 6.92 Å². The second-order valence-electron chi connectivity index (χ2n) is 4.73. The van der Waals surface area contributed by atoms with Crippen molar-refractivity contribution in [1.29, 1.82) is 0 Å². The zero-order valence-electron chi connectivity index (χ0n) is 10.9. The molecule has 1 amide bonds. The van der Waals surface area contributed by atoms with Gasteiger partial charge in [0.25, 0.3) is 5.91 Å². The summed E-state index contributed by atoms with van der Waals surface area (Å²) >= 11 is 0. The summed E-state index contributed by atoms with van der Waals surface area (Å²) < 4.78 is 5.03. The average molecular weight is 252 g/mol. The van der Waals surface area contributed by atoms with Gasteiger partial charge < -0.3 is 15.4 Å². The molecule has 1 unspecified atom stereocenters. The Balaban J connectivity index is 1.95. The number of rotatable bonds is 5. The van der Waals surface area contributed by atoms with E-state index in [2.05, 4.69) is 20.8 Å². The molecule has 0 aliphatic carbocycles. The Kier molecular flexibility index (Phi) is 4.33. The number of carbonyl (C=O) groups excluding carboxylic acids is 1. The van der Waals surface area contributed by atoms with Crippen LogP contribution in [0.5, 0.6) is 0 Å². The van der Waals surface area contributed by atoms with Gasteiger partial charge >= 0.3 is 0 Å². The van der Waals surface area contributed by atoms with Crippen LogP contribution in [0.15, 0.2) is 0 Å². The average Bonchev–Trinajstić information content (AvgIpc) is 2.80. The second-order valence-corrected chi connectivity index (χ2v) is 4.73. The molecule has 100 valence electrons. The molecule has 0 spiro atoms. The molecule has 1 atom stereocenters. The Labute approximate surface area is 106 Å². The minimum atomic E-state index is -0.112. The summed E-state index contributed by atoms with van der Waals surface area (Å²) in [6, 6.07) is 0. The number of aromatic nitrogens is 2. The minimum Gasteiger partial charge on any atom is -0.384 e. The fraction of sp³-hybridized carbons (Fsp3) is 0.667. The molecule has 18 heavy (non-hydrogen) atoms. The van der Waals surface area contributed by atoms with Crippen LogP contribution in [0, 0.1) is 5.92 Å². The van der Waals surface area contributed by atoms with Gasteiger partial charge in [0.2, 0.25) is 0 Å². The van der Waals surface area contributed by atoms with Crippen molar-refractivity contribution >= 4 is 5.91 Å². The molecule has 2 rings (SSSR count). The Morgan fingerprint density at radius 1 is 1.61 bits per heavy atom. The maximum absolute atomic E-state index is 12.0. The van der Waals surface area contributed by atoms with Gasteiger partial charge in [0.05, 0.1) is 6.61 Å². The number of H-pyrrole nitrogens is 1. The first kappa shape index (κ1) is 13.0. The van der Waals surface area contributed by atoms with Gasteiger partial charge in [0.15, 0.2) is 5.69 Å². The van der Waals surface area contributed by atoms with Crippen LogP contribution in [0.1, 0.15) is 28.7 Å².